The molecule has 0 aliphatic rings. The molecule has 158 valence electrons. The molecule has 0 aliphatic heterocycles. The lowest BCUT2D eigenvalue weighted by atomic mass is 10.1. The molecule has 0 unspecified atom stereocenters. The van der Waals surface area contributed by atoms with Crippen LogP contribution in [0.5, 0.6) is 5.75 Å². The van der Waals surface area contributed by atoms with Crippen LogP contribution in [0, 0.1) is 11.3 Å². The summed E-state index contributed by atoms with van der Waals surface area (Å²) < 4.78 is 7.29. The van der Waals surface area contributed by atoms with E-state index in [1.54, 1.807) is 13.2 Å². The molecule has 32 heavy (non-hydrogen) atoms. The zero-order valence-electron chi connectivity index (χ0n) is 17.8. The summed E-state index contributed by atoms with van der Waals surface area (Å²) in [6.07, 6.45) is 3.65. The Kier molecular flexibility index (Phi) is 6.33. The molecule has 0 atom stereocenters. The molecule has 3 aromatic carbocycles. The minimum atomic E-state index is -0.400. The number of carbonyl (C=O) groups is 1. The van der Waals surface area contributed by atoms with Crippen LogP contribution in [0.4, 0.5) is 0 Å². The van der Waals surface area contributed by atoms with Crippen molar-refractivity contribution in [2.24, 2.45) is 0 Å². The van der Waals surface area contributed by atoms with Gasteiger partial charge in [-0.1, -0.05) is 60.7 Å². The molecule has 0 bridgehead atoms. The number of methoxy groups -OCH3 is 1. The van der Waals surface area contributed by atoms with Crippen LogP contribution >= 0.6 is 0 Å². The minimum absolute atomic E-state index is 0.0705. The third-order valence-corrected chi connectivity index (χ3v) is 5.29. The lowest BCUT2D eigenvalue weighted by molar-refractivity contribution is -0.117. The number of para-hydroxylation sites is 1. The first-order valence-electron chi connectivity index (χ1n) is 10.3. The van der Waals surface area contributed by atoms with Gasteiger partial charge in [0, 0.05) is 35.8 Å². The van der Waals surface area contributed by atoms with Gasteiger partial charge in [0.1, 0.15) is 17.4 Å². The predicted molar refractivity (Wildman–Crippen MR) is 126 cm³/mol. The summed E-state index contributed by atoms with van der Waals surface area (Å²) in [4.78, 5) is 12.7. The highest BCUT2D eigenvalue weighted by Gasteiger charge is 2.12. The molecule has 0 spiro atoms. The number of amides is 1. The summed E-state index contributed by atoms with van der Waals surface area (Å²) in [6, 6.07) is 27.7. The second-order valence-electron chi connectivity index (χ2n) is 7.42. The second-order valence-corrected chi connectivity index (χ2v) is 7.42. The van der Waals surface area contributed by atoms with Gasteiger partial charge in [-0.2, -0.15) is 5.26 Å². The molecular formula is C27H23N3O2. The van der Waals surface area contributed by atoms with Crippen LogP contribution in [0.1, 0.15) is 16.7 Å². The van der Waals surface area contributed by atoms with Crippen LogP contribution in [0.2, 0.25) is 0 Å². The maximum Gasteiger partial charge on any atom is 0.262 e. The van der Waals surface area contributed by atoms with Crippen molar-refractivity contribution in [2.45, 2.75) is 13.1 Å². The fraction of sp³-hybridized carbons (Fsp3) is 0.111. The van der Waals surface area contributed by atoms with Crippen LogP contribution in [0.25, 0.3) is 17.0 Å². The van der Waals surface area contributed by atoms with Gasteiger partial charge in [-0.25, -0.2) is 0 Å². The number of hydrogen-bond donors (Lipinski definition) is 1. The number of nitrogens with one attached hydrogen (secondary N) is 1. The van der Waals surface area contributed by atoms with Gasteiger partial charge in [-0.3, -0.25) is 4.79 Å². The van der Waals surface area contributed by atoms with E-state index in [1.807, 2.05) is 79.0 Å². The normalized spacial score (nSPS) is 11.2. The number of carbonyl (C=O) groups excluding carboxylic acids is 1. The maximum absolute atomic E-state index is 12.7. The van der Waals surface area contributed by atoms with E-state index in [9.17, 15) is 10.1 Å². The van der Waals surface area contributed by atoms with Crippen LogP contribution in [-0.2, 0) is 17.9 Å². The number of aromatic nitrogens is 1. The van der Waals surface area contributed by atoms with Gasteiger partial charge in [0.05, 0.1) is 7.11 Å². The van der Waals surface area contributed by atoms with Crippen LogP contribution in [0.3, 0.4) is 0 Å². The zero-order chi connectivity index (χ0) is 22.3. The summed E-state index contributed by atoms with van der Waals surface area (Å²) in [5.74, 6) is 0.354. The van der Waals surface area contributed by atoms with Gasteiger partial charge in [-0.05, 0) is 35.4 Å². The van der Waals surface area contributed by atoms with Crippen molar-refractivity contribution in [1.29, 1.82) is 5.26 Å². The second kappa shape index (κ2) is 9.67. The van der Waals surface area contributed by atoms with E-state index < -0.39 is 5.91 Å². The average molecular weight is 422 g/mol. The first-order valence-corrected chi connectivity index (χ1v) is 10.3. The van der Waals surface area contributed by atoms with E-state index in [-0.39, 0.29) is 5.57 Å². The molecule has 0 radical (unpaired) electrons. The Balaban J connectivity index is 1.57. The van der Waals surface area contributed by atoms with E-state index in [0.29, 0.717) is 13.1 Å². The van der Waals surface area contributed by atoms with Crippen LogP contribution in [-0.4, -0.2) is 17.6 Å². The van der Waals surface area contributed by atoms with Crippen LogP contribution < -0.4 is 10.1 Å². The maximum atomic E-state index is 12.7. The van der Waals surface area contributed by atoms with Gasteiger partial charge in [0.2, 0.25) is 0 Å². The highest BCUT2D eigenvalue weighted by molar-refractivity contribution is 6.04. The van der Waals surface area contributed by atoms with Crippen molar-refractivity contribution >= 4 is 22.9 Å². The summed E-state index contributed by atoms with van der Waals surface area (Å²) in [5.41, 5.74) is 4.07. The number of fused-ring (bicyclic) bond motifs is 1. The van der Waals surface area contributed by atoms with Gasteiger partial charge >= 0.3 is 0 Å². The third-order valence-electron chi connectivity index (χ3n) is 5.29. The third kappa shape index (κ3) is 4.71. The largest absolute Gasteiger partial charge is 0.497 e. The Morgan fingerprint density at radius 3 is 2.44 bits per heavy atom. The highest BCUT2D eigenvalue weighted by Crippen LogP contribution is 2.24. The number of nitriles is 1. The molecule has 4 rings (SSSR count). The fourth-order valence-electron chi connectivity index (χ4n) is 3.63. The Labute approximate surface area is 187 Å². The molecule has 5 nitrogen and oxygen atoms in total. The number of rotatable bonds is 7. The molecule has 0 aliphatic carbocycles. The van der Waals surface area contributed by atoms with E-state index >= 15 is 0 Å². The van der Waals surface area contributed by atoms with Crippen LogP contribution in [0.15, 0.2) is 90.6 Å². The number of nitrogens with zero attached hydrogens (tertiary/aromatic N) is 2. The standard InChI is InChI=1S/C27H23N3O2/c1-32-24-13-11-20(12-14-24)17-29-27(31)22(16-28)15-23-19-30(18-21-7-3-2-4-8-21)26-10-6-5-9-25(23)26/h2-15,19H,17-18H2,1H3,(H,29,31). The fourth-order valence-corrected chi connectivity index (χ4v) is 3.63. The first kappa shape index (κ1) is 21.0. The van der Waals surface area contributed by atoms with E-state index in [2.05, 4.69) is 22.0 Å². The molecule has 1 heterocycles. The summed E-state index contributed by atoms with van der Waals surface area (Å²) in [7, 11) is 1.61. The summed E-state index contributed by atoms with van der Waals surface area (Å²) in [6.45, 7) is 1.04. The topological polar surface area (TPSA) is 67.0 Å². The molecule has 0 fully saturated rings. The van der Waals surface area contributed by atoms with Gasteiger partial charge in [0.25, 0.3) is 5.91 Å². The predicted octanol–water partition coefficient (Wildman–Crippen LogP) is 4.92. The van der Waals surface area contributed by atoms with Crippen molar-refractivity contribution in [1.82, 2.24) is 9.88 Å². The lowest BCUT2D eigenvalue weighted by Gasteiger charge is -2.06. The molecule has 5 heteroatoms. The van der Waals surface area contributed by atoms with Crippen molar-refractivity contribution in [2.75, 3.05) is 7.11 Å². The molecule has 1 amide bonds. The van der Waals surface area contributed by atoms with Crippen molar-refractivity contribution < 1.29 is 9.53 Å². The lowest BCUT2D eigenvalue weighted by Crippen LogP contribution is -2.23. The highest BCUT2D eigenvalue weighted by atomic mass is 16.5. The van der Waals surface area contributed by atoms with Gasteiger partial charge in [-0.15, -0.1) is 0 Å². The molecule has 0 saturated carbocycles. The number of benzene rings is 3. The smallest absolute Gasteiger partial charge is 0.262 e. The van der Waals surface area contributed by atoms with Crippen molar-refractivity contribution in [3.8, 4) is 11.8 Å². The molecule has 1 N–H and O–H groups in total. The Morgan fingerprint density at radius 2 is 1.72 bits per heavy atom. The first-order chi connectivity index (χ1) is 15.7. The minimum Gasteiger partial charge on any atom is -0.497 e. The number of hydrogen-bond acceptors (Lipinski definition) is 3. The SMILES string of the molecule is COc1ccc(CNC(=O)C(C#N)=Cc2cn(Cc3ccccc3)c3ccccc23)cc1. The summed E-state index contributed by atoms with van der Waals surface area (Å²) in [5, 5.41) is 13.5. The molecule has 1 aromatic heterocycles. The van der Waals surface area contributed by atoms with E-state index in [0.717, 1.165) is 27.8 Å². The average Bonchev–Trinajstić information content (AvgIpc) is 3.19. The number of ether oxygens (including phenoxy) is 1. The van der Waals surface area contributed by atoms with E-state index in [4.69, 9.17) is 4.74 Å². The monoisotopic (exact) mass is 421 g/mol. The Hall–Kier alpha value is -4.30. The molecule has 0 saturated heterocycles. The Bertz CT molecular complexity index is 1300. The molecule has 4 aromatic rings. The van der Waals surface area contributed by atoms with Crippen molar-refractivity contribution in [3.05, 3.63) is 107 Å². The van der Waals surface area contributed by atoms with Gasteiger partial charge in [0.15, 0.2) is 0 Å². The van der Waals surface area contributed by atoms with Crippen molar-refractivity contribution in [3.63, 3.8) is 0 Å². The van der Waals surface area contributed by atoms with Gasteiger partial charge < -0.3 is 14.6 Å². The summed E-state index contributed by atoms with van der Waals surface area (Å²) >= 11 is 0. The zero-order valence-corrected chi connectivity index (χ0v) is 17.8. The Morgan fingerprint density at radius 1 is 1.00 bits per heavy atom. The quantitative estimate of drug-likeness (QED) is 0.340. The molecular weight excluding hydrogens is 398 g/mol. The van der Waals surface area contributed by atoms with E-state index in [1.165, 1.54) is 5.56 Å².